The molecule has 0 radical (unpaired) electrons. The van der Waals surface area contributed by atoms with Crippen LogP contribution in [0.2, 0.25) is 5.02 Å². The predicted molar refractivity (Wildman–Crippen MR) is 179 cm³/mol. The van der Waals surface area contributed by atoms with Crippen LogP contribution in [0.4, 0.5) is 11.6 Å². The van der Waals surface area contributed by atoms with Gasteiger partial charge in [-0.3, -0.25) is 4.79 Å². The monoisotopic (exact) mass is 637 g/mol. The second kappa shape index (κ2) is 13.9. The van der Waals surface area contributed by atoms with Crippen molar-refractivity contribution in [3.8, 4) is 11.5 Å². The van der Waals surface area contributed by atoms with Crippen LogP contribution in [0.25, 0.3) is 0 Å². The molecule has 228 valence electrons. The van der Waals surface area contributed by atoms with Gasteiger partial charge in [-0.15, -0.1) is 5.10 Å². The van der Waals surface area contributed by atoms with Gasteiger partial charge in [-0.25, -0.2) is 4.68 Å². The second-order valence-corrected chi connectivity index (χ2v) is 11.8. The zero-order valence-electron chi connectivity index (χ0n) is 24.9. The van der Waals surface area contributed by atoms with E-state index in [0.29, 0.717) is 57.8 Å². The molecule has 0 bridgehead atoms. The van der Waals surface area contributed by atoms with Crippen molar-refractivity contribution in [1.29, 1.82) is 0 Å². The molecule has 1 atom stereocenters. The highest BCUT2D eigenvalue weighted by molar-refractivity contribution is 7.98. The van der Waals surface area contributed by atoms with E-state index in [1.165, 1.54) is 5.56 Å². The number of aromatic nitrogens is 3. The molecular formula is C35H32ClN5O3S. The number of nitrogens with one attached hydrogen (secondary N) is 2. The Balaban J connectivity index is 1.33. The summed E-state index contributed by atoms with van der Waals surface area (Å²) in [6, 6.07) is 32.3. The molecule has 2 heterocycles. The van der Waals surface area contributed by atoms with Crippen LogP contribution in [0.3, 0.4) is 0 Å². The van der Waals surface area contributed by atoms with E-state index < -0.39 is 6.04 Å². The molecule has 0 spiro atoms. The quantitative estimate of drug-likeness (QED) is 0.141. The van der Waals surface area contributed by atoms with Crippen LogP contribution in [-0.4, -0.2) is 27.3 Å². The number of hydrogen-bond acceptors (Lipinski definition) is 7. The van der Waals surface area contributed by atoms with Crippen molar-refractivity contribution in [1.82, 2.24) is 14.8 Å². The normalized spacial score (nSPS) is 14.0. The molecule has 10 heteroatoms. The van der Waals surface area contributed by atoms with E-state index in [2.05, 4.69) is 22.8 Å². The van der Waals surface area contributed by atoms with Gasteiger partial charge < -0.3 is 20.1 Å². The summed E-state index contributed by atoms with van der Waals surface area (Å²) >= 11 is 7.59. The fraction of sp³-hybridized carbons (Fsp3) is 0.171. The number of ether oxygens (including phenoxy) is 2. The first-order valence-electron chi connectivity index (χ1n) is 14.6. The number of para-hydroxylation sites is 2. The molecular weight excluding hydrogens is 606 g/mol. The summed E-state index contributed by atoms with van der Waals surface area (Å²) in [6.45, 7) is 4.64. The first kappa shape index (κ1) is 30.3. The standard InChI is InChI=1S/C35H32ClN5O3S/c1-3-43-30-15-8-7-14-29(30)38-33(42)31-23(2)37-34-39-35(45-22-25-10-5-4-6-11-25)40-41(34)32(31)26-12-9-13-28(20-26)44-21-24-16-18-27(36)19-17-24/h4-20,32H,3,21-22H2,1-2H3,(H,38,42)(H,37,39,40). The lowest BCUT2D eigenvalue weighted by molar-refractivity contribution is -0.113. The zero-order valence-corrected chi connectivity index (χ0v) is 26.4. The van der Waals surface area contributed by atoms with E-state index >= 15 is 0 Å². The van der Waals surface area contributed by atoms with Crippen LogP contribution in [0.15, 0.2) is 120 Å². The number of rotatable bonds is 11. The van der Waals surface area contributed by atoms with Crippen molar-refractivity contribution in [2.24, 2.45) is 0 Å². The van der Waals surface area contributed by atoms with Gasteiger partial charge in [0, 0.05) is 16.5 Å². The van der Waals surface area contributed by atoms with Gasteiger partial charge in [0.2, 0.25) is 11.1 Å². The van der Waals surface area contributed by atoms with Crippen LogP contribution < -0.4 is 20.1 Å². The average Bonchev–Trinajstić information content (AvgIpc) is 3.47. The minimum absolute atomic E-state index is 0.274. The van der Waals surface area contributed by atoms with Crippen molar-refractivity contribution >= 4 is 40.9 Å². The van der Waals surface area contributed by atoms with Gasteiger partial charge in [0.25, 0.3) is 5.91 Å². The Hall–Kier alpha value is -4.73. The van der Waals surface area contributed by atoms with E-state index in [-0.39, 0.29) is 5.91 Å². The molecule has 1 aliphatic heterocycles. The Morgan fingerprint density at radius 2 is 1.73 bits per heavy atom. The number of fused-ring (bicyclic) bond motifs is 1. The summed E-state index contributed by atoms with van der Waals surface area (Å²) in [5.74, 6) is 2.28. The number of halogens is 1. The molecule has 0 saturated heterocycles. The summed E-state index contributed by atoms with van der Waals surface area (Å²) in [4.78, 5) is 18.9. The Bertz CT molecular complexity index is 1830. The number of carbonyl (C=O) groups excluding carboxylic acids is 1. The molecule has 1 unspecified atom stereocenters. The van der Waals surface area contributed by atoms with E-state index in [1.54, 1.807) is 16.4 Å². The third-order valence-corrected chi connectivity index (χ3v) is 8.38. The van der Waals surface area contributed by atoms with Gasteiger partial charge in [0.05, 0.1) is 17.9 Å². The van der Waals surface area contributed by atoms with E-state index in [9.17, 15) is 4.79 Å². The molecule has 2 N–H and O–H groups in total. The number of carbonyl (C=O) groups is 1. The summed E-state index contributed by atoms with van der Waals surface area (Å²) in [5, 5.41) is 12.6. The minimum Gasteiger partial charge on any atom is -0.492 e. The van der Waals surface area contributed by atoms with Crippen molar-refractivity contribution in [3.63, 3.8) is 0 Å². The fourth-order valence-corrected chi connectivity index (χ4v) is 5.99. The average molecular weight is 638 g/mol. The van der Waals surface area contributed by atoms with Gasteiger partial charge in [0.1, 0.15) is 24.1 Å². The van der Waals surface area contributed by atoms with Gasteiger partial charge in [-0.2, -0.15) is 4.98 Å². The Morgan fingerprint density at radius 3 is 2.53 bits per heavy atom. The summed E-state index contributed by atoms with van der Waals surface area (Å²) in [5.41, 5.74) is 4.78. The third kappa shape index (κ3) is 7.16. The van der Waals surface area contributed by atoms with E-state index in [1.807, 2.05) is 105 Å². The lowest BCUT2D eigenvalue weighted by Crippen LogP contribution is -2.31. The maximum absolute atomic E-state index is 14.1. The number of nitrogens with zero attached hydrogens (tertiary/aromatic N) is 3. The van der Waals surface area contributed by atoms with Crippen molar-refractivity contribution in [3.05, 3.63) is 136 Å². The number of benzene rings is 4. The van der Waals surface area contributed by atoms with Gasteiger partial charge in [0.15, 0.2) is 0 Å². The molecule has 4 aromatic carbocycles. The first-order chi connectivity index (χ1) is 22.0. The Labute approximate surface area is 271 Å². The number of thioether (sulfide) groups is 1. The van der Waals surface area contributed by atoms with Gasteiger partial charge in [-0.1, -0.05) is 90.1 Å². The molecule has 5 aromatic rings. The number of hydrogen-bond donors (Lipinski definition) is 2. The largest absolute Gasteiger partial charge is 0.492 e. The van der Waals surface area contributed by atoms with Crippen molar-refractivity contribution < 1.29 is 14.3 Å². The molecule has 1 amide bonds. The lowest BCUT2D eigenvalue weighted by atomic mass is 9.94. The van der Waals surface area contributed by atoms with Gasteiger partial charge >= 0.3 is 0 Å². The number of allylic oxidation sites excluding steroid dienone is 1. The van der Waals surface area contributed by atoms with Crippen LogP contribution in [-0.2, 0) is 17.2 Å². The van der Waals surface area contributed by atoms with Gasteiger partial charge in [-0.05, 0) is 66.9 Å². The summed E-state index contributed by atoms with van der Waals surface area (Å²) < 4.78 is 13.7. The highest BCUT2D eigenvalue weighted by atomic mass is 35.5. The zero-order chi connectivity index (χ0) is 31.2. The molecule has 8 nitrogen and oxygen atoms in total. The SMILES string of the molecule is CCOc1ccccc1NC(=O)C1=C(C)Nc2nc(SCc3ccccc3)nn2C1c1cccc(OCc2ccc(Cl)cc2)c1. The number of anilines is 2. The van der Waals surface area contributed by atoms with Crippen LogP contribution >= 0.6 is 23.4 Å². The maximum Gasteiger partial charge on any atom is 0.255 e. The van der Waals surface area contributed by atoms with Crippen molar-refractivity contribution in [2.75, 3.05) is 17.2 Å². The first-order valence-corrected chi connectivity index (χ1v) is 16.0. The molecule has 0 aliphatic carbocycles. The lowest BCUT2D eigenvalue weighted by Gasteiger charge is -2.29. The smallest absolute Gasteiger partial charge is 0.255 e. The Morgan fingerprint density at radius 1 is 0.956 bits per heavy atom. The van der Waals surface area contributed by atoms with Crippen LogP contribution in [0, 0.1) is 0 Å². The molecule has 0 saturated carbocycles. The molecule has 45 heavy (non-hydrogen) atoms. The molecule has 6 rings (SSSR count). The third-order valence-electron chi connectivity index (χ3n) is 7.22. The summed E-state index contributed by atoms with van der Waals surface area (Å²) in [7, 11) is 0. The second-order valence-electron chi connectivity index (χ2n) is 10.4. The molecule has 0 fully saturated rings. The molecule has 1 aliphatic rings. The van der Waals surface area contributed by atoms with Crippen LogP contribution in [0.1, 0.15) is 36.6 Å². The highest BCUT2D eigenvalue weighted by Gasteiger charge is 2.35. The Kier molecular flexibility index (Phi) is 9.38. The van der Waals surface area contributed by atoms with E-state index in [4.69, 9.17) is 31.2 Å². The molecule has 1 aromatic heterocycles. The predicted octanol–water partition coefficient (Wildman–Crippen LogP) is 8.13. The summed E-state index contributed by atoms with van der Waals surface area (Å²) in [6.07, 6.45) is 0. The highest BCUT2D eigenvalue weighted by Crippen LogP contribution is 2.38. The maximum atomic E-state index is 14.1. The van der Waals surface area contributed by atoms with Crippen molar-refractivity contribution in [2.45, 2.75) is 37.4 Å². The topological polar surface area (TPSA) is 90.3 Å². The van der Waals surface area contributed by atoms with E-state index in [0.717, 1.165) is 16.9 Å². The fourth-order valence-electron chi connectivity index (χ4n) is 5.08. The van der Waals surface area contributed by atoms with Crippen LogP contribution in [0.5, 0.6) is 11.5 Å². The minimum atomic E-state index is -0.571. The number of amides is 1.